The molecule has 12 aromatic carbocycles. The van der Waals surface area contributed by atoms with E-state index in [1.807, 2.05) is 0 Å². The third-order valence-electron chi connectivity index (χ3n) is 13.0. The fourth-order valence-corrected chi connectivity index (χ4v) is 9.63. The molecule has 0 heterocycles. The smallest absolute Gasteiger partial charge is 0.0540 e. The number of fused-ring (bicyclic) bond motifs is 4. The van der Waals surface area contributed by atoms with Crippen molar-refractivity contribution in [2.45, 2.75) is 0 Å². The molecule has 0 N–H and O–H groups in total. The van der Waals surface area contributed by atoms with E-state index >= 15 is 0 Å². The maximum absolute atomic E-state index is 2.38. The van der Waals surface area contributed by atoms with Gasteiger partial charge in [0.05, 0.1) is 11.4 Å². The minimum absolute atomic E-state index is 1.11. The Labute approximate surface area is 385 Å². The third kappa shape index (κ3) is 7.31. The average Bonchev–Trinajstić information content (AvgIpc) is 3.39. The van der Waals surface area contributed by atoms with Crippen molar-refractivity contribution in [2.24, 2.45) is 0 Å². The van der Waals surface area contributed by atoms with Gasteiger partial charge in [-0.1, -0.05) is 200 Å². The van der Waals surface area contributed by atoms with Crippen molar-refractivity contribution in [2.75, 3.05) is 9.80 Å². The summed E-state index contributed by atoms with van der Waals surface area (Å²) in [6.45, 7) is 0. The van der Waals surface area contributed by atoms with Gasteiger partial charge in [-0.2, -0.15) is 0 Å². The molecule has 2 heteroatoms. The first-order chi connectivity index (χ1) is 32.7. The van der Waals surface area contributed by atoms with Gasteiger partial charge in [-0.3, -0.25) is 0 Å². The Balaban J connectivity index is 0.830. The summed E-state index contributed by atoms with van der Waals surface area (Å²) in [6, 6.07) is 96.9. The van der Waals surface area contributed by atoms with Crippen LogP contribution in [0.4, 0.5) is 34.1 Å². The predicted molar refractivity (Wildman–Crippen MR) is 282 cm³/mol. The van der Waals surface area contributed by atoms with Gasteiger partial charge < -0.3 is 9.80 Å². The van der Waals surface area contributed by atoms with E-state index in [0.717, 1.165) is 34.1 Å². The SMILES string of the molecule is c1cc(-c2ccc(-c3ccc(N(c4ccc5ccccc5c4)c4cccc5ccccc45)cc3)cc2)cc(-c2ccc(N(c3ccc4ccccc4c3)c3cccc4ccccc34)cc2)c1. The van der Waals surface area contributed by atoms with E-state index in [9.17, 15) is 0 Å². The second-order valence-electron chi connectivity index (χ2n) is 17.0. The molecule has 310 valence electrons. The molecule has 0 radical (unpaired) electrons. The summed E-state index contributed by atoms with van der Waals surface area (Å²) in [6.07, 6.45) is 0. The van der Waals surface area contributed by atoms with Crippen LogP contribution >= 0.6 is 0 Å². The lowest BCUT2D eigenvalue weighted by molar-refractivity contribution is 1.30. The molecule has 66 heavy (non-hydrogen) atoms. The van der Waals surface area contributed by atoms with Crippen LogP contribution in [0.25, 0.3) is 76.5 Å². The molecular weight excluding hydrogens is 797 g/mol. The Morgan fingerprint density at radius 1 is 0.182 bits per heavy atom. The van der Waals surface area contributed by atoms with Crippen LogP contribution < -0.4 is 9.80 Å². The zero-order valence-electron chi connectivity index (χ0n) is 36.3. The number of benzene rings is 12. The first-order valence-electron chi connectivity index (χ1n) is 22.7. The summed E-state index contributed by atoms with van der Waals surface area (Å²) >= 11 is 0. The van der Waals surface area contributed by atoms with Gasteiger partial charge in [-0.15, -0.1) is 0 Å². The Kier molecular flexibility index (Phi) is 9.89. The summed E-state index contributed by atoms with van der Waals surface area (Å²) < 4.78 is 0. The molecule has 2 nitrogen and oxygen atoms in total. The quantitative estimate of drug-likeness (QED) is 0.143. The van der Waals surface area contributed by atoms with Crippen molar-refractivity contribution < 1.29 is 0 Å². The Bertz CT molecular complexity index is 3690. The molecule has 12 aromatic rings. The highest BCUT2D eigenvalue weighted by Gasteiger charge is 2.18. The molecule has 0 bridgehead atoms. The van der Waals surface area contributed by atoms with Crippen LogP contribution in [-0.4, -0.2) is 0 Å². The predicted octanol–water partition coefficient (Wildman–Crippen LogP) is 18.2. The summed E-state index contributed by atoms with van der Waals surface area (Å²) in [5.41, 5.74) is 13.9. The Hall–Kier alpha value is -8.72. The molecule has 12 rings (SSSR count). The summed E-state index contributed by atoms with van der Waals surface area (Å²) in [7, 11) is 0. The number of hydrogen-bond acceptors (Lipinski definition) is 2. The Morgan fingerprint density at radius 3 is 0.939 bits per heavy atom. The van der Waals surface area contributed by atoms with Crippen LogP contribution in [0.3, 0.4) is 0 Å². The van der Waals surface area contributed by atoms with Crippen LogP contribution in [-0.2, 0) is 0 Å². The van der Waals surface area contributed by atoms with Gasteiger partial charge in [-0.25, -0.2) is 0 Å². The number of hydrogen-bond donors (Lipinski definition) is 0. The number of nitrogens with zero attached hydrogens (tertiary/aromatic N) is 2. The van der Waals surface area contributed by atoms with E-state index in [1.54, 1.807) is 0 Å². The standard InChI is InChI=1S/C64H44N2/c1-3-16-55-43-59(40-34-45(55)12-1)65(63-24-10-18-51-14-5-7-22-61(51)63)57-36-30-48(31-37-57)47-26-28-49(29-27-47)53-20-9-21-54(42-53)50-32-38-58(39-33-50)66(60-41-35-46-13-2-4-17-56(46)44-60)64-25-11-19-52-15-6-8-23-62(52)64/h1-44H. The largest absolute Gasteiger partial charge is 0.310 e. The molecule has 0 aliphatic carbocycles. The molecule has 0 fully saturated rings. The number of anilines is 6. The van der Waals surface area contributed by atoms with Crippen molar-refractivity contribution in [1.29, 1.82) is 0 Å². The molecule has 0 atom stereocenters. The van der Waals surface area contributed by atoms with Crippen molar-refractivity contribution in [3.63, 3.8) is 0 Å². The highest BCUT2D eigenvalue weighted by atomic mass is 15.1. The fraction of sp³-hybridized carbons (Fsp3) is 0. The maximum atomic E-state index is 2.38. The van der Waals surface area contributed by atoms with Gasteiger partial charge in [-0.05, 0) is 132 Å². The molecular formula is C64H44N2. The van der Waals surface area contributed by atoms with Crippen molar-refractivity contribution in [3.8, 4) is 33.4 Å². The van der Waals surface area contributed by atoms with Gasteiger partial charge >= 0.3 is 0 Å². The van der Waals surface area contributed by atoms with Gasteiger partial charge in [0.2, 0.25) is 0 Å². The van der Waals surface area contributed by atoms with E-state index in [1.165, 1.54) is 76.5 Å². The van der Waals surface area contributed by atoms with Crippen LogP contribution in [0.1, 0.15) is 0 Å². The van der Waals surface area contributed by atoms with Crippen molar-refractivity contribution in [1.82, 2.24) is 0 Å². The van der Waals surface area contributed by atoms with Crippen LogP contribution in [0.15, 0.2) is 267 Å². The monoisotopic (exact) mass is 840 g/mol. The van der Waals surface area contributed by atoms with E-state index in [-0.39, 0.29) is 0 Å². The molecule has 0 spiro atoms. The van der Waals surface area contributed by atoms with Gasteiger partial charge in [0.15, 0.2) is 0 Å². The van der Waals surface area contributed by atoms with E-state index < -0.39 is 0 Å². The lowest BCUT2D eigenvalue weighted by atomic mass is 9.96. The molecule has 0 aliphatic rings. The van der Waals surface area contributed by atoms with E-state index in [4.69, 9.17) is 0 Å². The summed E-state index contributed by atoms with van der Waals surface area (Å²) in [5, 5.41) is 9.78. The molecule has 0 saturated heterocycles. The minimum Gasteiger partial charge on any atom is -0.310 e. The zero-order chi connectivity index (χ0) is 43.8. The first kappa shape index (κ1) is 38.9. The maximum Gasteiger partial charge on any atom is 0.0540 e. The highest BCUT2D eigenvalue weighted by molar-refractivity contribution is 6.02. The van der Waals surface area contributed by atoms with Crippen LogP contribution in [0, 0.1) is 0 Å². The van der Waals surface area contributed by atoms with E-state index in [0.29, 0.717) is 0 Å². The average molecular weight is 841 g/mol. The fourth-order valence-electron chi connectivity index (χ4n) is 9.63. The molecule has 0 aliphatic heterocycles. The van der Waals surface area contributed by atoms with Gasteiger partial charge in [0, 0.05) is 33.5 Å². The van der Waals surface area contributed by atoms with Crippen LogP contribution in [0.5, 0.6) is 0 Å². The first-order valence-corrected chi connectivity index (χ1v) is 22.7. The third-order valence-corrected chi connectivity index (χ3v) is 13.0. The second-order valence-corrected chi connectivity index (χ2v) is 17.0. The zero-order valence-corrected chi connectivity index (χ0v) is 36.3. The van der Waals surface area contributed by atoms with Gasteiger partial charge in [0.1, 0.15) is 0 Å². The lowest BCUT2D eigenvalue weighted by Crippen LogP contribution is -2.10. The topological polar surface area (TPSA) is 6.48 Å². The summed E-state index contributed by atoms with van der Waals surface area (Å²) in [4.78, 5) is 4.77. The lowest BCUT2D eigenvalue weighted by Gasteiger charge is -2.27. The molecule has 0 amide bonds. The normalized spacial score (nSPS) is 11.3. The van der Waals surface area contributed by atoms with Gasteiger partial charge in [0.25, 0.3) is 0 Å². The van der Waals surface area contributed by atoms with Crippen LogP contribution in [0.2, 0.25) is 0 Å². The molecule has 0 unspecified atom stereocenters. The molecule has 0 saturated carbocycles. The molecule has 0 aromatic heterocycles. The van der Waals surface area contributed by atoms with E-state index in [2.05, 4.69) is 277 Å². The Morgan fingerprint density at radius 2 is 0.500 bits per heavy atom. The number of rotatable bonds is 9. The second kappa shape index (κ2) is 16.8. The van der Waals surface area contributed by atoms with Crippen molar-refractivity contribution >= 4 is 77.2 Å². The van der Waals surface area contributed by atoms with Crippen molar-refractivity contribution in [3.05, 3.63) is 267 Å². The minimum atomic E-state index is 1.11. The highest BCUT2D eigenvalue weighted by Crippen LogP contribution is 2.43. The summed E-state index contributed by atoms with van der Waals surface area (Å²) in [5.74, 6) is 0.